The van der Waals surface area contributed by atoms with Crippen LogP contribution in [0.5, 0.6) is 0 Å². The summed E-state index contributed by atoms with van der Waals surface area (Å²) in [6.07, 6.45) is 0. The largest absolute Gasteiger partial charge is 0.309 e. The van der Waals surface area contributed by atoms with Gasteiger partial charge in [-0.15, -0.1) is 0 Å². The minimum atomic E-state index is 0.649. The van der Waals surface area contributed by atoms with Crippen molar-refractivity contribution in [2.75, 3.05) is 0 Å². The predicted octanol–water partition coefficient (Wildman–Crippen LogP) is 12.5. The Balaban J connectivity index is 1.15. The maximum absolute atomic E-state index is 9.79. The molecule has 0 fully saturated rings. The molecule has 0 unspecified atom stereocenters. The van der Waals surface area contributed by atoms with Crippen LogP contribution in [0.3, 0.4) is 0 Å². The Bertz CT molecular complexity index is 3280. The molecule has 4 nitrogen and oxygen atoms in total. The normalized spacial score (nSPS) is 11.8. The van der Waals surface area contributed by atoms with Gasteiger partial charge in [0.05, 0.1) is 44.7 Å². The summed E-state index contributed by atoms with van der Waals surface area (Å²) in [5.74, 6) is 0. The van der Waals surface area contributed by atoms with Crippen molar-refractivity contribution in [1.29, 1.82) is 5.26 Å². The van der Waals surface area contributed by atoms with Gasteiger partial charge in [-0.2, -0.15) is 5.26 Å². The van der Waals surface area contributed by atoms with Gasteiger partial charge < -0.3 is 13.7 Å². The van der Waals surface area contributed by atoms with Crippen LogP contribution >= 0.6 is 0 Å². The molecule has 4 heteroatoms. The minimum absolute atomic E-state index is 0.649. The lowest BCUT2D eigenvalue weighted by molar-refractivity contribution is 1.15. The quantitative estimate of drug-likeness (QED) is 0.183. The van der Waals surface area contributed by atoms with Crippen LogP contribution in [-0.2, 0) is 0 Å². The number of nitrogens with zero attached hydrogens (tertiary/aromatic N) is 4. The second-order valence-electron chi connectivity index (χ2n) is 13.7. The van der Waals surface area contributed by atoms with E-state index in [9.17, 15) is 5.26 Å². The fourth-order valence-corrected chi connectivity index (χ4v) is 8.51. The summed E-state index contributed by atoms with van der Waals surface area (Å²) in [6.45, 7) is 0. The molecular formula is C49H30N4. The van der Waals surface area contributed by atoms with Crippen molar-refractivity contribution < 1.29 is 0 Å². The predicted molar refractivity (Wildman–Crippen MR) is 220 cm³/mol. The highest BCUT2D eigenvalue weighted by Crippen LogP contribution is 2.40. The van der Waals surface area contributed by atoms with Crippen molar-refractivity contribution in [3.63, 3.8) is 0 Å². The topological polar surface area (TPSA) is 38.6 Å². The molecule has 0 N–H and O–H groups in total. The molecule has 8 aromatic carbocycles. The van der Waals surface area contributed by atoms with E-state index in [2.05, 4.69) is 184 Å². The highest BCUT2D eigenvalue weighted by atomic mass is 15.0. The molecule has 0 saturated carbocycles. The number of aromatic nitrogens is 3. The van der Waals surface area contributed by atoms with Gasteiger partial charge in [-0.1, -0.05) is 103 Å². The molecule has 11 aromatic rings. The number of hydrogen-bond acceptors (Lipinski definition) is 1. The number of rotatable bonds is 4. The molecule has 0 aliphatic rings. The first-order chi connectivity index (χ1) is 26.2. The summed E-state index contributed by atoms with van der Waals surface area (Å²) in [5, 5.41) is 17.0. The van der Waals surface area contributed by atoms with Gasteiger partial charge in [-0.3, -0.25) is 0 Å². The van der Waals surface area contributed by atoms with Crippen LogP contribution in [0.1, 0.15) is 5.56 Å². The van der Waals surface area contributed by atoms with Crippen molar-refractivity contribution in [3.8, 4) is 34.3 Å². The maximum atomic E-state index is 9.79. The Kier molecular flexibility index (Phi) is 6.28. The first-order valence-electron chi connectivity index (χ1n) is 17.9. The van der Waals surface area contributed by atoms with E-state index >= 15 is 0 Å². The van der Waals surface area contributed by atoms with Crippen LogP contribution in [0.15, 0.2) is 182 Å². The third-order valence-electron chi connectivity index (χ3n) is 10.8. The fourth-order valence-electron chi connectivity index (χ4n) is 8.51. The molecule has 0 atom stereocenters. The van der Waals surface area contributed by atoms with Gasteiger partial charge >= 0.3 is 0 Å². The summed E-state index contributed by atoms with van der Waals surface area (Å²) in [4.78, 5) is 0. The van der Waals surface area contributed by atoms with Gasteiger partial charge in [0, 0.05) is 49.4 Å². The number of fused-ring (bicyclic) bond motifs is 9. The van der Waals surface area contributed by atoms with Gasteiger partial charge in [-0.05, 0) is 90.0 Å². The third kappa shape index (κ3) is 4.35. The van der Waals surface area contributed by atoms with E-state index in [-0.39, 0.29) is 0 Å². The summed E-state index contributed by atoms with van der Waals surface area (Å²) >= 11 is 0. The molecule has 246 valence electrons. The highest BCUT2D eigenvalue weighted by Gasteiger charge is 2.18. The van der Waals surface area contributed by atoms with Gasteiger partial charge in [0.15, 0.2) is 0 Å². The van der Waals surface area contributed by atoms with E-state index in [1.165, 1.54) is 43.7 Å². The maximum Gasteiger partial charge on any atom is 0.0992 e. The molecule has 0 saturated heterocycles. The van der Waals surface area contributed by atoms with Gasteiger partial charge in [0.25, 0.3) is 0 Å². The number of nitriles is 1. The molecular weight excluding hydrogens is 645 g/mol. The van der Waals surface area contributed by atoms with Crippen molar-refractivity contribution >= 4 is 65.4 Å². The minimum Gasteiger partial charge on any atom is -0.309 e. The molecule has 53 heavy (non-hydrogen) atoms. The Hall–Kier alpha value is -7.35. The van der Waals surface area contributed by atoms with E-state index in [0.29, 0.717) is 5.56 Å². The van der Waals surface area contributed by atoms with Crippen LogP contribution in [0.4, 0.5) is 0 Å². The first-order valence-corrected chi connectivity index (χ1v) is 17.9. The van der Waals surface area contributed by atoms with E-state index in [1.807, 2.05) is 18.2 Å². The third-order valence-corrected chi connectivity index (χ3v) is 10.8. The Morgan fingerprint density at radius 1 is 0.302 bits per heavy atom. The fraction of sp³-hybridized carbons (Fsp3) is 0. The Morgan fingerprint density at radius 2 is 0.755 bits per heavy atom. The van der Waals surface area contributed by atoms with Crippen LogP contribution in [0.25, 0.3) is 93.6 Å². The summed E-state index contributed by atoms with van der Waals surface area (Å²) in [5.41, 5.74) is 13.1. The molecule has 0 bridgehead atoms. The summed E-state index contributed by atoms with van der Waals surface area (Å²) in [6, 6.07) is 67.3. The molecule has 0 spiro atoms. The lowest BCUT2D eigenvalue weighted by Gasteiger charge is -2.12. The van der Waals surface area contributed by atoms with E-state index in [0.717, 1.165) is 49.9 Å². The monoisotopic (exact) mass is 674 g/mol. The zero-order valence-electron chi connectivity index (χ0n) is 28.6. The highest BCUT2D eigenvalue weighted by molar-refractivity contribution is 6.14. The number of benzene rings is 8. The second-order valence-corrected chi connectivity index (χ2v) is 13.7. The number of para-hydroxylation sites is 4. The first kappa shape index (κ1) is 29.4. The van der Waals surface area contributed by atoms with Gasteiger partial charge in [-0.25, -0.2) is 0 Å². The molecule has 0 aliphatic carbocycles. The molecule has 3 aromatic heterocycles. The SMILES string of the molecule is N#Cc1ccc2c3ccc(-n4c5ccccc5c5ccc(-c6ccc7c(c6)c6ccccc6n7-c6ccccc6)cc54)cc3n(-c3ccccc3)c2c1. The molecule has 3 heterocycles. The van der Waals surface area contributed by atoms with Crippen molar-refractivity contribution in [2.24, 2.45) is 0 Å². The lowest BCUT2D eigenvalue weighted by Crippen LogP contribution is -1.97. The number of hydrogen-bond donors (Lipinski definition) is 0. The molecule has 11 rings (SSSR count). The average molecular weight is 675 g/mol. The lowest BCUT2D eigenvalue weighted by atomic mass is 10.0. The Morgan fingerprint density at radius 3 is 1.43 bits per heavy atom. The van der Waals surface area contributed by atoms with Gasteiger partial charge in [0.2, 0.25) is 0 Å². The molecule has 0 radical (unpaired) electrons. The van der Waals surface area contributed by atoms with Crippen molar-refractivity contribution in [2.45, 2.75) is 0 Å². The van der Waals surface area contributed by atoms with E-state index < -0.39 is 0 Å². The second kappa shape index (κ2) is 11.3. The summed E-state index contributed by atoms with van der Waals surface area (Å²) < 4.78 is 7.05. The zero-order valence-corrected chi connectivity index (χ0v) is 28.6. The van der Waals surface area contributed by atoms with Crippen LogP contribution in [0.2, 0.25) is 0 Å². The van der Waals surface area contributed by atoms with E-state index in [4.69, 9.17) is 0 Å². The average Bonchev–Trinajstić information content (AvgIpc) is 3.85. The van der Waals surface area contributed by atoms with Crippen LogP contribution < -0.4 is 0 Å². The molecule has 0 amide bonds. The standard InChI is InChI=1S/C49H30N4/c50-31-32-19-23-40-42-25-22-37(30-49(42)52(47(40)27-32)36-13-5-2-6-14-36)53-44-17-9-7-15-38(44)41-24-20-34(29-48(41)53)33-21-26-46-43(28-33)39-16-8-10-18-45(39)51(46)35-11-3-1-4-12-35/h1-30H. The molecule has 0 aliphatic heterocycles. The Labute approximate surface area is 305 Å². The van der Waals surface area contributed by atoms with Crippen molar-refractivity contribution in [3.05, 3.63) is 188 Å². The summed E-state index contributed by atoms with van der Waals surface area (Å²) in [7, 11) is 0. The van der Waals surface area contributed by atoms with Crippen molar-refractivity contribution in [1.82, 2.24) is 13.7 Å². The van der Waals surface area contributed by atoms with Crippen LogP contribution in [-0.4, -0.2) is 13.7 Å². The van der Waals surface area contributed by atoms with Crippen LogP contribution in [0, 0.1) is 11.3 Å². The van der Waals surface area contributed by atoms with E-state index in [1.54, 1.807) is 0 Å². The smallest absolute Gasteiger partial charge is 0.0992 e. The van der Waals surface area contributed by atoms with Gasteiger partial charge in [0.1, 0.15) is 0 Å². The zero-order chi connectivity index (χ0) is 35.0.